The van der Waals surface area contributed by atoms with Gasteiger partial charge >= 0.3 is 6.09 Å². The van der Waals surface area contributed by atoms with Crippen LogP contribution in [0, 0.1) is 0 Å². The quantitative estimate of drug-likeness (QED) is 0.869. The molecule has 2 aromatic carbocycles. The number of nitrogens with two attached hydrogens (primary N) is 1. The van der Waals surface area contributed by atoms with Crippen LogP contribution in [0.4, 0.5) is 10.5 Å². The van der Waals surface area contributed by atoms with Gasteiger partial charge in [-0.25, -0.2) is 4.79 Å². The van der Waals surface area contributed by atoms with E-state index in [1.54, 1.807) is 24.3 Å². The summed E-state index contributed by atoms with van der Waals surface area (Å²) in [5, 5.41) is 2.64. The van der Waals surface area contributed by atoms with Gasteiger partial charge in [-0.15, -0.1) is 0 Å². The van der Waals surface area contributed by atoms with Crippen LogP contribution in [0.2, 0.25) is 0 Å². The van der Waals surface area contributed by atoms with Crippen LogP contribution in [0.1, 0.15) is 5.56 Å². The maximum atomic E-state index is 11.7. The lowest BCUT2D eigenvalue weighted by Crippen LogP contribution is -2.17. The van der Waals surface area contributed by atoms with Gasteiger partial charge in [0.2, 0.25) is 0 Å². The van der Waals surface area contributed by atoms with Crippen LogP contribution >= 0.6 is 0 Å². The smallest absolute Gasteiger partial charge is 0.410 e. The summed E-state index contributed by atoms with van der Waals surface area (Å²) in [5.74, 6) is 0.480. The third kappa shape index (κ3) is 3.09. The molecule has 2 rings (SSSR count). The Morgan fingerprint density at radius 2 is 1.72 bits per heavy atom. The SMILES string of the molecule is NCc1ccccc1OC(=O)Nc1ccccc1. The number of para-hydroxylation sites is 2. The summed E-state index contributed by atoms with van der Waals surface area (Å²) >= 11 is 0. The lowest BCUT2D eigenvalue weighted by Gasteiger charge is -2.09. The van der Waals surface area contributed by atoms with Crippen molar-refractivity contribution in [3.63, 3.8) is 0 Å². The van der Waals surface area contributed by atoms with Crippen LogP contribution in [-0.2, 0) is 6.54 Å². The van der Waals surface area contributed by atoms with Crippen molar-refractivity contribution >= 4 is 11.8 Å². The van der Waals surface area contributed by atoms with E-state index in [-0.39, 0.29) is 0 Å². The lowest BCUT2D eigenvalue weighted by atomic mass is 10.2. The first-order chi connectivity index (χ1) is 8.79. The zero-order chi connectivity index (χ0) is 12.8. The highest BCUT2D eigenvalue weighted by Gasteiger charge is 2.07. The van der Waals surface area contributed by atoms with E-state index in [9.17, 15) is 4.79 Å². The highest BCUT2D eigenvalue weighted by molar-refractivity contribution is 5.86. The Bertz CT molecular complexity index is 526. The van der Waals surface area contributed by atoms with Crippen LogP contribution in [0.5, 0.6) is 5.75 Å². The van der Waals surface area contributed by atoms with Gasteiger partial charge in [0.1, 0.15) is 5.75 Å². The molecule has 92 valence electrons. The molecule has 0 aliphatic heterocycles. The number of amides is 1. The summed E-state index contributed by atoms with van der Waals surface area (Å²) in [6.07, 6.45) is -0.526. The first-order valence-electron chi connectivity index (χ1n) is 5.61. The number of rotatable bonds is 3. The Balaban J connectivity index is 2.03. The van der Waals surface area contributed by atoms with Crippen LogP contribution in [0.3, 0.4) is 0 Å². The van der Waals surface area contributed by atoms with E-state index in [1.807, 2.05) is 30.3 Å². The maximum absolute atomic E-state index is 11.7. The van der Waals surface area contributed by atoms with Gasteiger partial charge in [0.05, 0.1) is 0 Å². The predicted molar refractivity (Wildman–Crippen MR) is 70.4 cm³/mol. The molecule has 0 saturated heterocycles. The molecule has 0 bridgehead atoms. The summed E-state index contributed by atoms with van der Waals surface area (Å²) in [5.41, 5.74) is 7.05. The number of anilines is 1. The molecule has 2 aromatic rings. The van der Waals surface area contributed by atoms with Gasteiger partial charge in [0.25, 0.3) is 0 Å². The molecule has 0 spiro atoms. The fraction of sp³-hybridized carbons (Fsp3) is 0.0714. The second kappa shape index (κ2) is 5.84. The van der Waals surface area contributed by atoms with E-state index in [1.165, 1.54) is 0 Å². The van der Waals surface area contributed by atoms with E-state index >= 15 is 0 Å². The van der Waals surface area contributed by atoms with E-state index < -0.39 is 6.09 Å². The highest BCUT2D eigenvalue weighted by atomic mass is 16.6. The number of carbonyl (C=O) groups is 1. The Hall–Kier alpha value is -2.33. The molecule has 0 aliphatic rings. The van der Waals surface area contributed by atoms with Crippen LogP contribution in [0.25, 0.3) is 0 Å². The number of hydrogen-bond donors (Lipinski definition) is 2. The number of hydrogen-bond acceptors (Lipinski definition) is 3. The molecule has 4 heteroatoms. The van der Waals surface area contributed by atoms with Crippen molar-refractivity contribution in [2.45, 2.75) is 6.54 Å². The second-order valence-electron chi connectivity index (χ2n) is 3.69. The first-order valence-corrected chi connectivity index (χ1v) is 5.61. The zero-order valence-corrected chi connectivity index (χ0v) is 9.80. The fourth-order valence-electron chi connectivity index (χ4n) is 1.54. The molecular formula is C14H14N2O2. The molecule has 0 saturated carbocycles. The minimum Gasteiger partial charge on any atom is -0.410 e. The van der Waals surface area contributed by atoms with Gasteiger partial charge in [0, 0.05) is 17.8 Å². The predicted octanol–water partition coefficient (Wildman–Crippen LogP) is 2.76. The van der Waals surface area contributed by atoms with Gasteiger partial charge in [0.15, 0.2) is 0 Å². The minimum atomic E-state index is -0.526. The van der Waals surface area contributed by atoms with Crippen molar-refractivity contribution in [1.82, 2.24) is 0 Å². The van der Waals surface area contributed by atoms with E-state index in [4.69, 9.17) is 10.5 Å². The molecular weight excluding hydrogens is 228 g/mol. The number of carbonyl (C=O) groups excluding carboxylic acids is 1. The zero-order valence-electron chi connectivity index (χ0n) is 9.80. The Labute approximate surface area is 105 Å². The summed E-state index contributed by atoms with van der Waals surface area (Å²) < 4.78 is 5.21. The molecule has 1 amide bonds. The molecule has 0 aromatic heterocycles. The van der Waals surface area contributed by atoms with Crippen molar-refractivity contribution in [3.05, 3.63) is 60.2 Å². The summed E-state index contributed by atoms with van der Waals surface area (Å²) in [6.45, 7) is 0.328. The van der Waals surface area contributed by atoms with Gasteiger partial charge in [-0.1, -0.05) is 36.4 Å². The highest BCUT2D eigenvalue weighted by Crippen LogP contribution is 2.17. The third-order valence-corrected chi connectivity index (χ3v) is 2.42. The summed E-state index contributed by atoms with van der Waals surface area (Å²) in [6, 6.07) is 16.3. The Morgan fingerprint density at radius 1 is 1.06 bits per heavy atom. The monoisotopic (exact) mass is 242 g/mol. The molecule has 0 unspecified atom stereocenters. The van der Waals surface area contributed by atoms with Crippen LogP contribution in [-0.4, -0.2) is 6.09 Å². The molecule has 18 heavy (non-hydrogen) atoms. The van der Waals surface area contributed by atoms with E-state index in [0.29, 0.717) is 18.0 Å². The van der Waals surface area contributed by atoms with Crippen molar-refractivity contribution in [2.24, 2.45) is 5.73 Å². The van der Waals surface area contributed by atoms with Gasteiger partial charge in [-0.2, -0.15) is 0 Å². The normalized spacial score (nSPS) is 9.83. The van der Waals surface area contributed by atoms with E-state index in [2.05, 4.69) is 5.32 Å². The van der Waals surface area contributed by atoms with Crippen LogP contribution < -0.4 is 15.8 Å². The second-order valence-corrected chi connectivity index (χ2v) is 3.69. The molecule has 0 heterocycles. The maximum Gasteiger partial charge on any atom is 0.417 e. The molecule has 3 N–H and O–H groups in total. The number of nitrogens with one attached hydrogen (secondary N) is 1. The molecule has 0 aliphatic carbocycles. The molecule has 0 atom stereocenters. The fourth-order valence-corrected chi connectivity index (χ4v) is 1.54. The molecule has 0 fully saturated rings. The lowest BCUT2D eigenvalue weighted by molar-refractivity contribution is 0.214. The van der Waals surface area contributed by atoms with Crippen molar-refractivity contribution < 1.29 is 9.53 Å². The topological polar surface area (TPSA) is 64.3 Å². The Kier molecular flexibility index (Phi) is 3.94. The molecule has 0 radical (unpaired) electrons. The molecule has 4 nitrogen and oxygen atoms in total. The van der Waals surface area contributed by atoms with Gasteiger partial charge < -0.3 is 10.5 Å². The average Bonchev–Trinajstić information content (AvgIpc) is 2.40. The largest absolute Gasteiger partial charge is 0.417 e. The van der Waals surface area contributed by atoms with Gasteiger partial charge in [-0.3, -0.25) is 5.32 Å². The van der Waals surface area contributed by atoms with Crippen LogP contribution in [0.15, 0.2) is 54.6 Å². The Morgan fingerprint density at radius 3 is 2.44 bits per heavy atom. The minimum absolute atomic E-state index is 0.328. The van der Waals surface area contributed by atoms with Crippen molar-refractivity contribution in [1.29, 1.82) is 0 Å². The van der Waals surface area contributed by atoms with Gasteiger partial charge in [-0.05, 0) is 18.2 Å². The third-order valence-electron chi connectivity index (χ3n) is 2.42. The van der Waals surface area contributed by atoms with Crippen molar-refractivity contribution in [3.8, 4) is 5.75 Å². The number of ether oxygens (including phenoxy) is 1. The standard InChI is InChI=1S/C14H14N2O2/c15-10-11-6-4-5-9-13(11)18-14(17)16-12-7-2-1-3-8-12/h1-9H,10,15H2,(H,16,17). The summed E-state index contributed by atoms with van der Waals surface area (Å²) in [4.78, 5) is 11.7. The summed E-state index contributed by atoms with van der Waals surface area (Å²) in [7, 11) is 0. The first kappa shape index (κ1) is 12.1. The van der Waals surface area contributed by atoms with E-state index in [0.717, 1.165) is 5.56 Å². The van der Waals surface area contributed by atoms with Crippen molar-refractivity contribution in [2.75, 3.05) is 5.32 Å². The number of benzene rings is 2. The average molecular weight is 242 g/mol.